The first-order chi connectivity index (χ1) is 18.6. The number of rotatable bonds is 8. The first-order valence-corrected chi connectivity index (χ1v) is 12.4. The zero-order chi connectivity index (χ0) is 28.4. The van der Waals surface area contributed by atoms with Crippen LogP contribution in [0, 0.1) is 5.82 Å². The SMILES string of the molecule is CCN(CC)C(=O)c1ccccc1-c1ccc(-n2c3c(c(O)c(C(=O)NCC(=O)O)c2=O)COC3C)c(F)c1. The number of ether oxygens (including phenoxy) is 1. The normalized spacial score (nSPS) is 14.1. The van der Waals surface area contributed by atoms with E-state index < -0.39 is 47.2 Å². The van der Waals surface area contributed by atoms with E-state index in [1.165, 1.54) is 12.1 Å². The van der Waals surface area contributed by atoms with E-state index in [4.69, 9.17) is 9.84 Å². The van der Waals surface area contributed by atoms with Gasteiger partial charge in [0, 0.05) is 24.2 Å². The fourth-order valence-corrected chi connectivity index (χ4v) is 4.73. The summed E-state index contributed by atoms with van der Waals surface area (Å²) in [5.41, 5.74) is -0.334. The summed E-state index contributed by atoms with van der Waals surface area (Å²) in [6, 6.07) is 10.9. The molecular formula is C28H28FN3O7. The molecule has 2 heterocycles. The monoisotopic (exact) mass is 537 g/mol. The molecule has 204 valence electrons. The summed E-state index contributed by atoms with van der Waals surface area (Å²) in [4.78, 5) is 51.8. The van der Waals surface area contributed by atoms with Crippen LogP contribution >= 0.6 is 0 Å². The highest BCUT2D eigenvalue weighted by atomic mass is 19.1. The van der Waals surface area contributed by atoms with Crippen molar-refractivity contribution in [3.63, 3.8) is 0 Å². The molecule has 2 aromatic carbocycles. The largest absolute Gasteiger partial charge is 0.506 e. The summed E-state index contributed by atoms with van der Waals surface area (Å²) in [6.45, 7) is 5.45. The number of carboxylic acids is 1. The van der Waals surface area contributed by atoms with Gasteiger partial charge in [-0.25, -0.2) is 4.39 Å². The molecule has 0 spiro atoms. The average Bonchev–Trinajstić information content (AvgIpc) is 3.30. The number of nitrogens with zero attached hydrogens (tertiary/aromatic N) is 2. The lowest BCUT2D eigenvalue weighted by molar-refractivity contribution is -0.135. The van der Waals surface area contributed by atoms with Crippen molar-refractivity contribution in [1.82, 2.24) is 14.8 Å². The Morgan fingerprint density at radius 1 is 1.15 bits per heavy atom. The third kappa shape index (κ3) is 5.00. The van der Waals surface area contributed by atoms with E-state index in [0.29, 0.717) is 29.8 Å². The van der Waals surface area contributed by atoms with Crippen molar-refractivity contribution < 1.29 is 33.7 Å². The summed E-state index contributed by atoms with van der Waals surface area (Å²) in [5.74, 6) is -4.11. The van der Waals surface area contributed by atoms with Crippen LogP contribution in [0.15, 0.2) is 47.3 Å². The molecule has 1 aromatic heterocycles. The van der Waals surface area contributed by atoms with Crippen molar-refractivity contribution in [3.05, 3.63) is 81.0 Å². The number of hydrogen-bond donors (Lipinski definition) is 3. The molecule has 4 rings (SSSR count). The zero-order valence-electron chi connectivity index (χ0n) is 21.7. The molecule has 11 heteroatoms. The molecule has 1 aliphatic heterocycles. The highest BCUT2D eigenvalue weighted by Gasteiger charge is 2.34. The molecule has 0 bridgehead atoms. The number of aromatic hydroxyl groups is 1. The lowest BCUT2D eigenvalue weighted by Gasteiger charge is -2.21. The van der Waals surface area contributed by atoms with E-state index in [2.05, 4.69) is 5.32 Å². The van der Waals surface area contributed by atoms with Crippen molar-refractivity contribution >= 4 is 17.8 Å². The summed E-state index contributed by atoms with van der Waals surface area (Å²) in [6.07, 6.45) is -0.707. The third-order valence-electron chi connectivity index (χ3n) is 6.69. The minimum atomic E-state index is -1.34. The van der Waals surface area contributed by atoms with Gasteiger partial charge in [-0.15, -0.1) is 0 Å². The molecule has 0 saturated carbocycles. The van der Waals surface area contributed by atoms with E-state index in [0.717, 1.165) is 4.57 Å². The minimum absolute atomic E-state index is 0.126. The van der Waals surface area contributed by atoms with Crippen LogP contribution in [0.3, 0.4) is 0 Å². The van der Waals surface area contributed by atoms with E-state index in [1.54, 1.807) is 42.2 Å². The van der Waals surface area contributed by atoms with Crippen LogP contribution < -0.4 is 10.9 Å². The number of halogens is 1. The maximum Gasteiger partial charge on any atom is 0.322 e. The highest BCUT2D eigenvalue weighted by molar-refractivity contribution is 6.01. The first-order valence-electron chi connectivity index (χ1n) is 12.4. The lowest BCUT2D eigenvalue weighted by Crippen LogP contribution is -2.36. The van der Waals surface area contributed by atoms with E-state index in [1.807, 2.05) is 13.8 Å². The Balaban J connectivity index is 1.86. The Morgan fingerprint density at radius 3 is 2.49 bits per heavy atom. The fourth-order valence-electron chi connectivity index (χ4n) is 4.73. The second kappa shape index (κ2) is 11.1. The van der Waals surface area contributed by atoms with Crippen LogP contribution in [0.4, 0.5) is 4.39 Å². The Hall–Kier alpha value is -4.51. The number of benzene rings is 2. The summed E-state index contributed by atoms with van der Waals surface area (Å²) >= 11 is 0. The third-order valence-corrected chi connectivity index (χ3v) is 6.69. The molecule has 3 aromatic rings. The number of pyridine rings is 1. The Bertz CT molecular complexity index is 1530. The first kappa shape index (κ1) is 27.5. The number of carbonyl (C=O) groups excluding carboxylic acids is 2. The standard InChI is InChI=1S/C28H28FN3O7/c1-4-31(5-2)27(37)18-9-7-6-8-17(18)16-10-11-21(20(29)12-16)32-24-15(3)39-14-19(24)25(35)23(28(32)38)26(36)30-13-22(33)34/h6-12,15,35H,4-5,13-14H2,1-3H3,(H,30,36)(H,33,34). The Morgan fingerprint density at radius 2 is 1.85 bits per heavy atom. The highest BCUT2D eigenvalue weighted by Crippen LogP contribution is 2.38. The van der Waals surface area contributed by atoms with Gasteiger partial charge in [-0.05, 0) is 50.1 Å². The van der Waals surface area contributed by atoms with Crippen molar-refractivity contribution in [2.45, 2.75) is 33.5 Å². The molecule has 1 atom stereocenters. The van der Waals surface area contributed by atoms with Crippen molar-refractivity contribution in [2.75, 3.05) is 19.6 Å². The molecule has 0 saturated heterocycles. The number of aromatic nitrogens is 1. The predicted octanol–water partition coefficient (Wildman–Crippen LogP) is 3.24. The van der Waals surface area contributed by atoms with Gasteiger partial charge in [0.15, 0.2) is 0 Å². The number of aliphatic carboxylic acids is 1. The van der Waals surface area contributed by atoms with Crippen molar-refractivity contribution in [2.24, 2.45) is 0 Å². The average molecular weight is 538 g/mol. The van der Waals surface area contributed by atoms with Crippen molar-refractivity contribution in [1.29, 1.82) is 0 Å². The fraction of sp³-hybridized carbons (Fsp3) is 0.286. The van der Waals surface area contributed by atoms with Gasteiger partial charge >= 0.3 is 5.97 Å². The number of carbonyl (C=O) groups is 3. The number of fused-ring (bicyclic) bond motifs is 1. The van der Waals surface area contributed by atoms with Gasteiger partial charge in [-0.2, -0.15) is 0 Å². The molecule has 1 unspecified atom stereocenters. The van der Waals surface area contributed by atoms with Gasteiger partial charge in [0.05, 0.1) is 24.1 Å². The molecule has 39 heavy (non-hydrogen) atoms. The van der Waals surface area contributed by atoms with Gasteiger partial charge in [-0.3, -0.25) is 23.7 Å². The van der Waals surface area contributed by atoms with Crippen LogP contribution in [0.5, 0.6) is 5.75 Å². The molecule has 0 aliphatic carbocycles. The number of hydrogen-bond acceptors (Lipinski definition) is 6. The molecular weight excluding hydrogens is 509 g/mol. The van der Waals surface area contributed by atoms with Crippen LogP contribution in [-0.2, 0) is 16.1 Å². The molecule has 1 aliphatic rings. The Kier molecular flexibility index (Phi) is 7.82. The lowest BCUT2D eigenvalue weighted by atomic mass is 9.98. The molecule has 10 nitrogen and oxygen atoms in total. The summed E-state index contributed by atoms with van der Waals surface area (Å²) in [7, 11) is 0. The topological polar surface area (TPSA) is 138 Å². The number of nitrogens with one attached hydrogen (secondary N) is 1. The van der Waals surface area contributed by atoms with Gasteiger partial charge in [0.1, 0.15) is 23.7 Å². The zero-order valence-corrected chi connectivity index (χ0v) is 21.7. The summed E-state index contributed by atoms with van der Waals surface area (Å²) in [5, 5.41) is 21.7. The van der Waals surface area contributed by atoms with Gasteiger partial charge < -0.3 is 25.2 Å². The van der Waals surface area contributed by atoms with Gasteiger partial charge in [0.2, 0.25) is 0 Å². The maximum absolute atomic E-state index is 15.8. The molecule has 0 radical (unpaired) electrons. The molecule has 2 amide bonds. The van der Waals surface area contributed by atoms with E-state index in [-0.39, 0.29) is 29.5 Å². The van der Waals surface area contributed by atoms with Crippen molar-refractivity contribution in [3.8, 4) is 22.6 Å². The van der Waals surface area contributed by atoms with Crippen LogP contribution in [-0.4, -0.2) is 57.1 Å². The number of amides is 2. The maximum atomic E-state index is 15.8. The number of carboxylic acid groups (broad SMARTS) is 1. The molecule has 3 N–H and O–H groups in total. The molecule has 0 fully saturated rings. The van der Waals surface area contributed by atoms with E-state index >= 15 is 4.39 Å². The second-order valence-corrected chi connectivity index (χ2v) is 8.95. The predicted molar refractivity (Wildman–Crippen MR) is 140 cm³/mol. The Labute approximate surface area is 223 Å². The minimum Gasteiger partial charge on any atom is -0.506 e. The quantitative estimate of drug-likeness (QED) is 0.401. The van der Waals surface area contributed by atoms with E-state index in [9.17, 15) is 24.3 Å². The van der Waals surface area contributed by atoms with Crippen LogP contribution in [0.2, 0.25) is 0 Å². The van der Waals surface area contributed by atoms with Gasteiger partial charge in [-0.1, -0.05) is 24.3 Å². The second-order valence-electron chi connectivity index (χ2n) is 8.95. The van der Waals surface area contributed by atoms with Crippen LogP contribution in [0.25, 0.3) is 16.8 Å². The van der Waals surface area contributed by atoms with Gasteiger partial charge in [0.25, 0.3) is 17.4 Å². The van der Waals surface area contributed by atoms with Crippen LogP contribution in [0.1, 0.15) is 58.8 Å². The summed E-state index contributed by atoms with van der Waals surface area (Å²) < 4.78 is 22.3. The smallest absolute Gasteiger partial charge is 0.322 e.